The van der Waals surface area contributed by atoms with Crippen molar-refractivity contribution in [3.05, 3.63) is 48.0 Å². The fourth-order valence-electron chi connectivity index (χ4n) is 3.39. The second-order valence-electron chi connectivity index (χ2n) is 7.54. The Balaban J connectivity index is 1.31. The zero-order chi connectivity index (χ0) is 20.4. The highest BCUT2D eigenvalue weighted by atomic mass is 16.5. The fourth-order valence-corrected chi connectivity index (χ4v) is 3.39. The Kier molecular flexibility index (Phi) is 5.00. The number of aromatic nitrogens is 3. The first-order chi connectivity index (χ1) is 13.9. The molecule has 0 aliphatic carbocycles. The molecule has 1 aromatic carbocycles. The van der Waals surface area contributed by atoms with E-state index in [1.54, 1.807) is 6.07 Å². The number of hydrogen-bond acceptors (Lipinski definition) is 6. The Hall–Kier alpha value is -3.29. The molecule has 4 rings (SSSR count). The Morgan fingerprint density at radius 2 is 2.17 bits per heavy atom. The van der Waals surface area contributed by atoms with Crippen LogP contribution in [0, 0.1) is 0 Å². The van der Waals surface area contributed by atoms with Crippen LogP contribution in [0.15, 0.2) is 41.1 Å². The summed E-state index contributed by atoms with van der Waals surface area (Å²) in [4.78, 5) is 16.5. The molecule has 8 nitrogen and oxygen atoms in total. The van der Waals surface area contributed by atoms with Crippen LogP contribution in [0.2, 0.25) is 0 Å². The number of rotatable bonds is 7. The molecule has 1 amide bonds. The number of carbonyl (C=O) groups is 1. The molecule has 29 heavy (non-hydrogen) atoms. The van der Waals surface area contributed by atoms with Crippen molar-refractivity contribution in [2.75, 3.05) is 6.61 Å². The van der Waals surface area contributed by atoms with Gasteiger partial charge in [-0.1, -0.05) is 17.3 Å². The smallest absolute Gasteiger partial charge is 0.258 e. The number of ether oxygens (including phenoxy) is 2. The molecule has 0 atom stereocenters. The van der Waals surface area contributed by atoms with E-state index in [0.717, 1.165) is 24.2 Å². The van der Waals surface area contributed by atoms with Crippen LogP contribution in [0.1, 0.15) is 32.2 Å². The third-order valence-corrected chi connectivity index (χ3v) is 4.72. The number of benzene rings is 1. The summed E-state index contributed by atoms with van der Waals surface area (Å²) in [5.41, 5.74) is 1.69. The van der Waals surface area contributed by atoms with Crippen molar-refractivity contribution in [3.8, 4) is 23.0 Å². The van der Waals surface area contributed by atoms with Gasteiger partial charge in [-0.25, -0.2) is 0 Å². The molecular formula is C21H24N4O4. The Morgan fingerprint density at radius 3 is 3.00 bits per heavy atom. The van der Waals surface area contributed by atoms with E-state index in [4.69, 9.17) is 14.0 Å². The summed E-state index contributed by atoms with van der Waals surface area (Å²) >= 11 is 0. The van der Waals surface area contributed by atoms with Crippen molar-refractivity contribution in [3.63, 3.8) is 0 Å². The van der Waals surface area contributed by atoms with E-state index in [1.807, 2.05) is 55.8 Å². The number of nitrogens with one attached hydrogen (secondary N) is 1. The summed E-state index contributed by atoms with van der Waals surface area (Å²) in [5.74, 6) is 1.84. The number of para-hydroxylation sites is 1. The van der Waals surface area contributed by atoms with Crippen LogP contribution >= 0.6 is 0 Å². The van der Waals surface area contributed by atoms with E-state index < -0.39 is 0 Å². The van der Waals surface area contributed by atoms with Crippen LogP contribution in [0.25, 0.3) is 11.5 Å². The van der Waals surface area contributed by atoms with Gasteiger partial charge in [0, 0.05) is 24.7 Å². The van der Waals surface area contributed by atoms with Gasteiger partial charge in [-0.15, -0.1) is 0 Å². The number of carbonyl (C=O) groups excluding carboxylic acids is 1. The van der Waals surface area contributed by atoms with Gasteiger partial charge in [0.25, 0.3) is 5.91 Å². The van der Waals surface area contributed by atoms with Gasteiger partial charge in [-0.3, -0.25) is 4.79 Å². The van der Waals surface area contributed by atoms with Crippen LogP contribution in [-0.2, 0) is 24.3 Å². The lowest BCUT2D eigenvalue weighted by Crippen LogP contribution is -2.28. The summed E-state index contributed by atoms with van der Waals surface area (Å²) in [6.07, 6.45) is 2.77. The lowest BCUT2D eigenvalue weighted by atomic mass is 10.0. The minimum atomic E-state index is -0.281. The molecule has 0 spiro atoms. The molecule has 152 valence electrons. The SMILES string of the molecule is CCn1cccc1-c1noc(CNC(=O)COc2cccc3c2OC(C)(C)C3)n1. The summed E-state index contributed by atoms with van der Waals surface area (Å²) < 4.78 is 18.9. The van der Waals surface area contributed by atoms with E-state index in [-0.39, 0.29) is 24.7 Å². The zero-order valence-electron chi connectivity index (χ0n) is 16.8. The topological polar surface area (TPSA) is 91.4 Å². The largest absolute Gasteiger partial charge is 0.483 e. The van der Waals surface area contributed by atoms with Crippen molar-refractivity contribution in [2.45, 2.75) is 45.9 Å². The number of fused-ring (bicyclic) bond motifs is 1. The Morgan fingerprint density at radius 1 is 1.31 bits per heavy atom. The molecule has 0 bridgehead atoms. The quantitative estimate of drug-likeness (QED) is 0.660. The Labute approximate surface area is 168 Å². The lowest BCUT2D eigenvalue weighted by Gasteiger charge is -2.18. The average molecular weight is 396 g/mol. The van der Waals surface area contributed by atoms with Crippen LogP contribution in [-0.4, -0.2) is 32.8 Å². The van der Waals surface area contributed by atoms with Gasteiger partial charge in [0.1, 0.15) is 5.60 Å². The summed E-state index contributed by atoms with van der Waals surface area (Å²) in [6.45, 7) is 6.92. The fraction of sp³-hybridized carbons (Fsp3) is 0.381. The molecule has 1 N–H and O–H groups in total. The van der Waals surface area contributed by atoms with Crippen molar-refractivity contribution < 1.29 is 18.8 Å². The molecule has 0 saturated carbocycles. The molecule has 1 aliphatic rings. The van der Waals surface area contributed by atoms with Gasteiger partial charge >= 0.3 is 0 Å². The molecule has 2 aromatic heterocycles. The monoisotopic (exact) mass is 396 g/mol. The molecule has 0 radical (unpaired) electrons. The molecule has 0 fully saturated rings. The van der Waals surface area contributed by atoms with E-state index >= 15 is 0 Å². The van der Waals surface area contributed by atoms with Crippen LogP contribution in [0.5, 0.6) is 11.5 Å². The molecule has 1 aliphatic heterocycles. The molecular weight excluding hydrogens is 372 g/mol. The van der Waals surface area contributed by atoms with Crippen molar-refractivity contribution >= 4 is 5.91 Å². The van der Waals surface area contributed by atoms with Crippen LogP contribution in [0.4, 0.5) is 0 Å². The third kappa shape index (κ3) is 4.11. The maximum Gasteiger partial charge on any atom is 0.258 e. The minimum absolute atomic E-state index is 0.125. The highest BCUT2D eigenvalue weighted by Crippen LogP contribution is 2.41. The third-order valence-electron chi connectivity index (χ3n) is 4.72. The summed E-state index contributed by atoms with van der Waals surface area (Å²) in [7, 11) is 0. The van der Waals surface area contributed by atoms with Gasteiger partial charge < -0.3 is 23.9 Å². The minimum Gasteiger partial charge on any atom is -0.483 e. The molecule has 3 aromatic rings. The zero-order valence-corrected chi connectivity index (χ0v) is 16.8. The van der Waals surface area contributed by atoms with Gasteiger partial charge in [0.15, 0.2) is 18.1 Å². The van der Waals surface area contributed by atoms with E-state index in [0.29, 0.717) is 23.2 Å². The number of amides is 1. The lowest BCUT2D eigenvalue weighted by molar-refractivity contribution is -0.123. The second-order valence-corrected chi connectivity index (χ2v) is 7.54. The standard InChI is InChI=1S/C21H24N4O4/c1-4-25-10-6-8-15(25)20-23-18(29-24-20)12-22-17(26)13-27-16-9-5-7-14-11-21(2,3)28-19(14)16/h5-10H,4,11-13H2,1-3H3,(H,22,26). The van der Waals surface area contributed by atoms with Crippen LogP contribution < -0.4 is 14.8 Å². The van der Waals surface area contributed by atoms with Crippen molar-refractivity contribution in [2.24, 2.45) is 0 Å². The molecule has 8 heteroatoms. The number of nitrogens with zero attached hydrogens (tertiary/aromatic N) is 3. The first-order valence-electron chi connectivity index (χ1n) is 9.63. The first-order valence-corrected chi connectivity index (χ1v) is 9.63. The summed E-state index contributed by atoms with van der Waals surface area (Å²) in [6, 6.07) is 9.58. The molecule has 3 heterocycles. The van der Waals surface area contributed by atoms with Crippen molar-refractivity contribution in [1.29, 1.82) is 0 Å². The Bertz CT molecular complexity index is 1020. The number of aryl methyl sites for hydroxylation is 1. The first kappa shape index (κ1) is 19.0. The van der Waals surface area contributed by atoms with Crippen LogP contribution in [0.3, 0.4) is 0 Å². The second kappa shape index (κ2) is 7.62. The normalized spacial score (nSPS) is 14.3. The van der Waals surface area contributed by atoms with Crippen molar-refractivity contribution in [1.82, 2.24) is 20.0 Å². The average Bonchev–Trinajstić information content (AvgIpc) is 3.40. The van der Waals surface area contributed by atoms with Gasteiger partial charge in [0.2, 0.25) is 11.7 Å². The molecule has 0 saturated heterocycles. The maximum absolute atomic E-state index is 12.2. The highest BCUT2D eigenvalue weighted by molar-refractivity contribution is 5.77. The van der Waals surface area contributed by atoms with Gasteiger partial charge in [-0.2, -0.15) is 4.98 Å². The van der Waals surface area contributed by atoms with E-state index in [2.05, 4.69) is 15.5 Å². The predicted octanol–water partition coefficient (Wildman–Crippen LogP) is 2.97. The molecule has 0 unspecified atom stereocenters. The van der Waals surface area contributed by atoms with Gasteiger partial charge in [0.05, 0.1) is 12.2 Å². The highest BCUT2D eigenvalue weighted by Gasteiger charge is 2.32. The maximum atomic E-state index is 12.2. The number of hydrogen-bond donors (Lipinski definition) is 1. The van der Waals surface area contributed by atoms with Gasteiger partial charge in [-0.05, 0) is 39.0 Å². The van der Waals surface area contributed by atoms with E-state index in [9.17, 15) is 4.79 Å². The van der Waals surface area contributed by atoms with E-state index in [1.165, 1.54) is 0 Å². The predicted molar refractivity (Wildman–Crippen MR) is 106 cm³/mol. The summed E-state index contributed by atoms with van der Waals surface area (Å²) in [5, 5.41) is 6.72.